The summed E-state index contributed by atoms with van der Waals surface area (Å²) in [6.07, 6.45) is 2.78. The first kappa shape index (κ1) is 12.5. The maximum atomic E-state index is 5.78. The van der Waals surface area contributed by atoms with Crippen molar-refractivity contribution in [2.45, 2.75) is 26.3 Å². The molecule has 2 aromatic carbocycles. The van der Waals surface area contributed by atoms with Gasteiger partial charge in [0.05, 0.1) is 6.61 Å². The minimum Gasteiger partial charge on any atom is -0.494 e. The fourth-order valence-electron chi connectivity index (χ4n) is 2.51. The van der Waals surface area contributed by atoms with Gasteiger partial charge in [0.1, 0.15) is 5.75 Å². The topological polar surface area (TPSA) is 21.3 Å². The summed E-state index contributed by atoms with van der Waals surface area (Å²) in [6, 6.07) is 12.8. The van der Waals surface area contributed by atoms with E-state index in [0.29, 0.717) is 6.61 Å². The Bertz CT molecular complexity index is 560. The van der Waals surface area contributed by atoms with Crippen LogP contribution in [0.15, 0.2) is 36.4 Å². The molecule has 0 spiro atoms. The van der Waals surface area contributed by atoms with E-state index in [1.54, 1.807) is 0 Å². The maximum Gasteiger partial charge on any atom is 0.124 e. The number of fused-ring (bicyclic) bond motifs is 1. The summed E-state index contributed by atoms with van der Waals surface area (Å²) in [5, 5.41) is 6.16. The van der Waals surface area contributed by atoms with E-state index in [4.69, 9.17) is 4.74 Å². The van der Waals surface area contributed by atoms with Crippen LogP contribution in [0, 0.1) is 5.92 Å². The second-order valence-corrected chi connectivity index (χ2v) is 5.27. The molecule has 19 heavy (non-hydrogen) atoms. The molecule has 1 saturated carbocycles. The molecule has 0 atom stereocenters. The number of hydrogen-bond donors (Lipinski definition) is 1. The van der Waals surface area contributed by atoms with Crippen molar-refractivity contribution in [2.75, 3.05) is 13.2 Å². The minimum absolute atomic E-state index is 0.716. The number of nitrogens with one attached hydrogen (secondary N) is 1. The van der Waals surface area contributed by atoms with Crippen LogP contribution in [0.4, 0.5) is 0 Å². The van der Waals surface area contributed by atoms with Crippen LogP contribution < -0.4 is 10.1 Å². The standard InChI is InChI=1S/C17H21NO/c1-2-19-17-10-9-14-5-3-4-6-15(14)16(17)12-18-11-13-7-8-13/h3-6,9-10,13,18H,2,7-8,11-12H2,1H3. The Labute approximate surface area is 114 Å². The highest BCUT2D eigenvalue weighted by molar-refractivity contribution is 5.87. The van der Waals surface area contributed by atoms with E-state index in [1.165, 1.54) is 29.2 Å². The second-order valence-electron chi connectivity index (χ2n) is 5.27. The molecule has 0 bridgehead atoms. The average Bonchev–Trinajstić information content (AvgIpc) is 3.25. The SMILES string of the molecule is CCOc1ccc2ccccc2c1CNCC1CC1. The van der Waals surface area contributed by atoms with E-state index in [-0.39, 0.29) is 0 Å². The van der Waals surface area contributed by atoms with E-state index in [2.05, 4.69) is 41.7 Å². The lowest BCUT2D eigenvalue weighted by Gasteiger charge is -2.14. The zero-order valence-electron chi connectivity index (χ0n) is 11.5. The smallest absolute Gasteiger partial charge is 0.124 e. The van der Waals surface area contributed by atoms with Crippen LogP contribution in [0.25, 0.3) is 10.8 Å². The lowest BCUT2D eigenvalue weighted by atomic mass is 10.0. The fourth-order valence-corrected chi connectivity index (χ4v) is 2.51. The second kappa shape index (κ2) is 5.62. The highest BCUT2D eigenvalue weighted by Crippen LogP contribution is 2.30. The lowest BCUT2D eigenvalue weighted by molar-refractivity contribution is 0.336. The van der Waals surface area contributed by atoms with Gasteiger partial charge in [-0.15, -0.1) is 0 Å². The summed E-state index contributed by atoms with van der Waals surface area (Å²) in [7, 11) is 0. The van der Waals surface area contributed by atoms with Crippen LogP contribution in [-0.4, -0.2) is 13.2 Å². The molecular weight excluding hydrogens is 234 g/mol. The van der Waals surface area contributed by atoms with E-state index in [0.717, 1.165) is 24.8 Å². The molecule has 2 nitrogen and oxygen atoms in total. The minimum atomic E-state index is 0.716. The highest BCUT2D eigenvalue weighted by atomic mass is 16.5. The van der Waals surface area contributed by atoms with Crippen LogP contribution in [0.5, 0.6) is 5.75 Å². The Morgan fingerprint density at radius 3 is 2.79 bits per heavy atom. The number of hydrogen-bond acceptors (Lipinski definition) is 2. The first-order valence-corrected chi connectivity index (χ1v) is 7.22. The van der Waals surface area contributed by atoms with E-state index >= 15 is 0 Å². The molecule has 0 unspecified atom stereocenters. The zero-order valence-corrected chi connectivity index (χ0v) is 11.5. The molecule has 1 N–H and O–H groups in total. The molecule has 0 aromatic heterocycles. The summed E-state index contributed by atoms with van der Waals surface area (Å²) in [6.45, 7) is 4.78. The van der Waals surface area contributed by atoms with Gasteiger partial charge in [-0.05, 0) is 49.1 Å². The van der Waals surface area contributed by atoms with Crippen molar-refractivity contribution in [3.63, 3.8) is 0 Å². The van der Waals surface area contributed by atoms with Gasteiger partial charge >= 0.3 is 0 Å². The van der Waals surface area contributed by atoms with Crippen LogP contribution in [0.1, 0.15) is 25.3 Å². The molecule has 2 aromatic rings. The molecular formula is C17H21NO. The van der Waals surface area contributed by atoms with Crippen molar-refractivity contribution in [3.8, 4) is 5.75 Å². The van der Waals surface area contributed by atoms with Gasteiger partial charge in [-0.3, -0.25) is 0 Å². The normalized spacial score (nSPS) is 14.8. The van der Waals surface area contributed by atoms with Crippen LogP contribution in [0.3, 0.4) is 0 Å². The zero-order chi connectivity index (χ0) is 13.1. The van der Waals surface area contributed by atoms with Gasteiger partial charge in [-0.25, -0.2) is 0 Å². The van der Waals surface area contributed by atoms with Crippen LogP contribution in [0.2, 0.25) is 0 Å². The molecule has 3 rings (SSSR count). The summed E-state index contributed by atoms with van der Waals surface area (Å²) in [5.41, 5.74) is 1.29. The molecule has 1 aliphatic rings. The molecule has 0 heterocycles. The van der Waals surface area contributed by atoms with Crippen molar-refractivity contribution < 1.29 is 4.74 Å². The van der Waals surface area contributed by atoms with Crippen LogP contribution in [-0.2, 0) is 6.54 Å². The van der Waals surface area contributed by atoms with Crippen LogP contribution >= 0.6 is 0 Å². The summed E-state index contributed by atoms with van der Waals surface area (Å²) >= 11 is 0. The van der Waals surface area contributed by atoms with Gasteiger partial charge in [0.25, 0.3) is 0 Å². The van der Waals surface area contributed by atoms with Gasteiger partial charge in [-0.1, -0.05) is 30.3 Å². The van der Waals surface area contributed by atoms with E-state index in [1.807, 2.05) is 6.92 Å². The largest absolute Gasteiger partial charge is 0.494 e. The van der Waals surface area contributed by atoms with E-state index in [9.17, 15) is 0 Å². The predicted molar refractivity (Wildman–Crippen MR) is 79.5 cm³/mol. The first-order chi connectivity index (χ1) is 9.38. The molecule has 1 fully saturated rings. The Balaban J connectivity index is 1.88. The molecule has 100 valence electrons. The summed E-state index contributed by atoms with van der Waals surface area (Å²) < 4.78 is 5.78. The first-order valence-electron chi connectivity index (χ1n) is 7.22. The molecule has 0 radical (unpaired) electrons. The van der Waals surface area contributed by atoms with Gasteiger partial charge in [0.15, 0.2) is 0 Å². The van der Waals surface area contributed by atoms with Gasteiger partial charge in [-0.2, -0.15) is 0 Å². The average molecular weight is 255 g/mol. The molecule has 0 amide bonds. The lowest BCUT2D eigenvalue weighted by Crippen LogP contribution is -2.17. The third kappa shape index (κ3) is 2.90. The Morgan fingerprint density at radius 1 is 1.16 bits per heavy atom. The van der Waals surface area contributed by atoms with Gasteiger partial charge < -0.3 is 10.1 Å². The van der Waals surface area contributed by atoms with Crippen molar-refractivity contribution in [3.05, 3.63) is 42.0 Å². The third-order valence-corrected chi connectivity index (χ3v) is 3.73. The number of ether oxygens (including phenoxy) is 1. The summed E-state index contributed by atoms with van der Waals surface area (Å²) in [5.74, 6) is 1.93. The molecule has 0 aliphatic heterocycles. The number of benzene rings is 2. The van der Waals surface area contributed by atoms with E-state index < -0.39 is 0 Å². The quantitative estimate of drug-likeness (QED) is 0.849. The van der Waals surface area contributed by atoms with Crippen molar-refractivity contribution in [1.82, 2.24) is 5.32 Å². The fraction of sp³-hybridized carbons (Fsp3) is 0.412. The van der Waals surface area contributed by atoms with Crippen molar-refractivity contribution >= 4 is 10.8 Å². The Morgan fingerprint density at radius 2 is 2.00 bits per heavy atom. The van der Waals surface area contributed by atoms with Crippen molar-refractivity contribution in [2.24, 2.45) is 5.92 Å². The summed E-state index contributed by atoms with van der Waals surface area (Å²) in [4.78, 5) is 0. The third-order valence-electron chi connectivity index (χ3n) is 3.73. The number of rotatable bonds is 6. The molecule has 2 heteroatoms. The predicted octanol–water partition coefficient (Wildman–Crippen LogP) is 3.74. The Kier molecular flexibility index (Phi) is 3.69. The highest BCUT2D eigenvalue weighted by Gasteiger charge is 2.20. The maximum absolute atomic E-state index is 5.78. The van der Waals surface area contributed by atoms with Gasteiger partial charge in [0, 0.05) is 12.1 Å². The Hall–Kier alpha value is -1.54. The molecule has 1 aliphatic carbocycles. The molecule has 0 saturated heterocycles. The van der Waals surface area contributed by atoms with Gasteiger partial charge in [0.2, 0.25) is 0 Å². The monoisotopic (exact) mass is 255 g/mol. The van der Waals surface area contributed by atoms with Crippen molar-refractivity contribution in [1.29, 1.82) is 0 Å².